The average molecular weight is 423 g/mol. The number of ether oxygens (including phenoxy) is 1. The topological polar surface area (TPSA) is 84.5 Å². The summed E-state index contributed by atoms with van der Waals surface area (Å²) >= 11 is 5.85. The van der Waals surface area contributed by atoms with E-state index in [1.165, 1.54) is 19.2 Å². The maximum Gasteiger partial charge on any atom is 0.251 e. The molecule has 0 radical (unpaired) electrons. The van der Waals surface area contributed by atoms with Gasteiger partial charge in [0.25, 0.3) is 5.91 Å². The standard InChI is InChI=1S/C20H23ClN2O4S/c1-13(15-5-6-15)23-20(24)16-7-10-18(27-2)19(11-16)28(25,26)22-12-14-3-8-17(21)9-4-14/h3-4,7-11,13,15,22H,5-6,12H2,1-2H3,(H,23,24)/t13-/m0/s1. The zero-order chi connectivity index (χ0) is 20.3. The van der Waals surface area contributed by atoms with Crippen molar-refractivity contribution < 1.29 is 17.9 Å². The number of halogens is 1. The highest BCUT2D eigenvalue weighted by Gasteiger charge is 2.29. The molecule has 2 N–H and O–H groups in total. The third-order valence-corrected chi connectivity index (χ3v) is 6.46. The van der Waals surface area contributed by atoms with Crippen molar-refractivity contribution in [3.63, 3.8) is 0 Å². The Morgan fingerprint density at radius 2 is 1.89 bits per heavy atom. The summed E-state index contributed by atoms with van der Waals surface area (Å²) in [4.78, 5) is 12.4. The number of carbonyl (C=O) groups is 1. The van der Waals surface area contributed by atoms with Crippen molar-refractivity contribution in [2.24, 2.45) is 5.92 Å². The van der Waals surface area contributed by atoms with Crippen molar-refractivity contribution in [2.45, 2.75) is 37.2 Å². The molecule has 1 fully saturated rings. The van der Waals surface area contributed by atoms with E-state index < -0.39 is 10.0 Å². The van der Waals surface area contributed by atoms with Gasteiger partial charge in [-0.25, -0.2) is 13.1 Å². The van der Waals surface area contributed by atoms with Crippen LogP contribution in [0.25, 0.3) is 0 Å². The molecule has 1 amide bonds. The number of hydrogen-bond acceptors (Lipinski definition) is 4. The van der Waals surface area contributed by atoms with E-state index in [1.807, 2.05) is 6.92 Å². The molecular weight excluding hydrogens is 400 g/mol. The van der Waals surface area contributed by atoms with Gasteiger partial charge in [0.05, 0.1) is 7.11 Å². The van der Waals surface area contributed by atoms with E-state index in [1.54, 1.807) is 30.3 Å². The van der Waals surface area contributed by atoms with Gasteiger partial charge in [-0.3, -0.25) is 4.79 Å². The molecule has 2 aromatic carbocycles. The first kappa shape index (κ1) is 20.6. The third-order valence-electron chi connectivity index (χ3n) is 4.78. The quantitative estimate of drug-likeness (QED) is 0.683. The van der Waals surface area contributed by atoms with Crippen molar-refractivity contribution >= 4 is 27.5 Å². The van der Waals surface area contributed by atoms with Crippen LogP contribution in [0.1, 0.15) is 35.7 Å². The van der Waals surface area contributed by atoms with Crippen LogP contribution in [0.5, 0.6) is 5.75 Å². The fourth-order valence-electron chi connectivity index (χ4n) is 2.89. The molecule has 1 aliphatic carbocycles. The molecule has 0 aromatic heterocycles. The Bertz CT molecular complexity index is 957. The zero-order valence-electron chi connectivity index (χ0n) is 15.7. The molecule has 28 heavy (non-hydrogen) atoms. The molecule has 0 unspecified atom stereocenters. The second-order valence-electron chi connectivity index (χ2n) is 6.92. The molecule has 6 nitrogen and oxygen atoms in total. The van der Waals surface area contributed by atoms with E-state index in [4.69, 9.17) is 16.3 Å². The zero-order valence-corrected chi connectivity index (χ0v) is 17.3. The van der Waals surface area contributed by atoms with E-state index in [9.17, 15) is 13.2 Å². The summed E-state index contributed by atoms with van der Waals surface area (Å²) in [5, 5.41) is 3.51. The van der Waals surface area contributed by atoms with Crippen molar-refractivity contribution in [2.75, 3.05) is 7.11 Å². The summed E-state index contributed by atoms with van der Waals surface area (Å²) in [6, 6.07) is 11.3. The minimum atomic E-state index is -3.89. The minimum absolute atomic E-state index is 0.0673. The summed E-state index contributed by atoms with van der Waals surface area (Å²) in [7, 11) is -2.50. The summed E-state index contributed by atoms with van der Waals surface area (Å²) in [5.74, 6) is 0.387. The van der Waals surface area contributed by atoms with Gasteiger partial charge in [0.1, 0.15) is 10.6 Å². The van der Waals surface area contributed by atoms with Crippen LogP contribution in [0, 0.1) is 5.92 Å². The van der Waals surface area contributed by atoms with Crippen molar-refractivity contribution in [1.82, 2.24) is 10.0 Å². The SMILES string of the molecule is COc1ccc(C(=O)N[C@@H](C)C2CC2)cc1S(=O)(=O)NCc1ccc(Cl)cc1. The summed E-state index contributed by atoms with van der Waals surface area (Å²) in [6.45, 7) is 2.06. The van der Waals surface area contributed by atoms with Crippen LogP contribution in [-0.4, -0.2) is 27.5 Å². The van der Waals surface area contributed by atoms with Gasteiger partial charge in [0, 0.05) is 23.2 Å². The van der Waals surface area contributed by atoms with Gasteiger partial charge in [-0.2, -0.15) is 0 Å². The predicted octanol–water partition coefficient (Wildman–Crippen LogP) is 3.36. The molecule has 8 heteroatoms. The lowest BCUT2D eigenvalue weighted by Gasteiger charge is -2.15. The highest BCUT2D eigenvalue weighted by atomic mass is 35.5. The molecule has 0 saturated heterocycles. The van der Waals surface area contributed by atoms with Gasteiger partial charge >= 0.3 is 0 Å². The molecule has 1 saturated carbocycles. The Balaban J connectivity index is 1.79. The molecule has 0 bridgehead atoms. The van der Waals surface area contributed by atoms with Crippen LogP contribution in [0.4, 0.5) is 0 Å². The lowest BCUT2D eigenvalue weighted by Crippen LogP contribution is -2.34. The van der Waals surface area contributed by atoms with Crippen LogP contribution >= 0.6 is 11.6 Å². The van der Waals surface area contributed by atoms with Crippen LogP contribution in [0.2, 0.25) is 5.02 Å². The Kier molecular flexibility index (Phi) is 6.27. The van der Waals surface area contributed by atoms with Crippen molar-refractivity contribution in [3.05, 3.63) is 58.6 Å². The Labute approximate surface area is 170 Å². The molecule has 0 heterocycles. The Hall–Kier alpha value is -2.09. The normalized spacial score (nSPS) is 15.1. The first-order chi connectivity index (χ1) is 13.3. The van der Waals surface area contributed by atoms with Gasteiger partial charge in [-0.1, -0.05) is 23.7 Å². The number of hydrogen-bond donors (Lipinski definition) is 2. The number of benzene rings is 2. The largest absolute Gasteiger partial charge is 0.495 e. The highest BCUT2D eigenvalue weighted by molar-refractivity contribution is 7.89. The van der Waals surface area contributed by atoms with Gasteiger partial charge < -0.3 is 10.1 Å². The molecule has 150 valence electrons. The highest BCUT2D eigenvalue weighted by Crippen LogP contribution is 2.32. The van der Waals surface area contributed by atoms with Crippen LogP contribution in [0.15, 0.2) is 47.4 Å². The second kappa shape index (κ2) is 8.51. The monoisotopic (exact) mass is 422 g/mol. The van der Waals surface area contributed by atoms with Gasteiger partial charge in [-0.05, 0) is 61.6 Å². The van der Waals surface area contributed by atoms with E-state index in [0.29, 0.717) is 10.9 Å². The third kappa shape index (κ3) is 5.04. The second-order valence-corrected chi connectivity index (χ2v) is 9.09. The smallest absolute Gasteiger partial charge is 0.251 e. The summed E-state index contributed by atoms with van der Waals surface area (Å²) in [6.07, 6.45) is 2.22. The summed E-state index contributed by atoms with van der Waals surface area (Å²) in [5.41, 5.74) is 1.04. The molecule has 0 aliphatic heterocycles. The summed E-state index contributed by atoms with van der Waals surface area (Å²) < 4.78 is 33.4. The predicted molar refractivity (Wildman–Crippen MR) is 108 cm³/mol. The van der Waals surface area contributed by atoms with E-state index in [2.05, 4.69) is 10.0 Å². The van der Waals surface area contributed by atoms with Gasteiger partial charge in [0.15, 0.2) is 0 Å². The first-order valence-corrected chi connectivity index (χ1v) is 10.9. The minimum Gasteiger partial charge on any atom is -0.495 e. The lowest BCUT2D eigenvalue weighted by molar-refractivity contribution is 0.0935. The number of methoxy groups -OCH3 is 1. The number of rotatable bonds is 8. The molecule has 2 aromatic rings. The van der Waals surface area contributed by atoms with Gasteiger partial charge in [0.2, 0.25) is 10.0 Å². The lowest BCUT2D eigenvalue weighted by atomic mass is 10.1. The molecule has 3 rings (SSSR count). The van der Waals surface area contributed by atoms with Crippen molar-refractivity contribution in [1.29, 1.82) is 0 Å². The van der Waals surface area contributed by atoms with Crippen LogP contribution < -0.4 is 14.8 Å². The fourth-order valence-corrected chi connectivity index (χ4v) is 4.23. The maximum absolute atomic E-state index is 12.8. The van der Waals surface area contributed by atoms with E-state index in [0.717, 1.165) is 18.4 Å². The van der Waals surface area contributed by atoms with Gasteiger partial charge in [-0.15, -0.1) is 0 Å². The number of amides is 1. The Morgan fingerprint density at radius 1 is 1.21 bits per heavy atom. The first-order valence-electron chi connectivity index (χ1n) is 9.03. The van der Waals surface area contributed by atoms with Crippen LogP contribution in [-0.2, 0) is 16.6 Å². The van der Waals surface area contributed by atoms with Crippen LogP contribution in [0.3, 0.4) is 0 Å². The molecular formula is C20H23ClN2O4S. The number of nitrogens with one attached hydrogen (secondary N) is 2. The number of carbonyl (C=O) groups excluding carboxylic acids is 1. The van der Waals surface area contributed by atoms with Crippen molar-refractivity contribution in [3.8, 4) is 5.75 Å². The maximum atomic E-state index is 12.8. The number of sulfonamides is 1. The Morgan fingerprint density at radius 3 is 2.50 bits per heavy atom. The molecule has 1 aliphatic rings. The average Bonchev–Trinajstić information content (AvgIpc) is 3.52. The molecule has 0 spiro atoms. The molecule has 1 atom stereocenters. The fraction of sp³-hybridized carbons (Fsp3) is 0.350. The van der Waals surface area contributed by atoms with E-state index in [-0.39, 0.29) is 34.7 Å². The van der Waals surface area contributed by atoms with E-state index >= 15 is 0 Å².